The number of hydrogen-bond acceptors (Lipinski definition) is 3. The van der Waals surface area contributed by atoms with Crippen LogP contribution in [0.3, 0.4) is 0 Å². The highest BCUT2D eigenvalue weighted by molar-refractivity contribution is 5.85. The summed E-state index contributed by atoms with van der Waals surface area (Å²) in [6, 6.07) is 7.37. The van der Waals surface area contributed by atoms with E-state index in [9.17, 15) is 8.78 Å². The molecule has 0 radical (unpaired) electrons. The molecule has 18 heavy (non-hydrogen) atoms. The van der Waals surface area contributed by atoms with Crippen LogP contribution in [0.15, 0.2) is 24.3 Å². The van der Waals surface area contributed by atoms with E-state index in [0.717, 1.165) is 25.2 Å². The van der Waals surface area contributed by atoms with E-state index in [1.54, 1.807) is 12.1 Å². The SMILES string of the molecule is CN(Cc1ccc(OC(F)F)cc1)C1CNC1.Cl. The van der Waals surface area contributed by atoms with Gasteiger partial charge in [0.2, 0.25) is 0 Å². The summed E-state index contributed by atoms with van der Waals surface area (Å²) < 4.78 is 28.2. The van der Waals surface area contributed by atoms with Gasteiger partial charge < -0.3 is 10.1 Å². The predicted octanol–water partition coefficient (Wildman–Crippen LogP) is 2.11. The molecular weight excluding hydrogens is 262 g/mol. The third-order valence-electron chi connectivity index (χ3n) is 2.96. The summed E-state index contributed by atoms with van der Waals surface area (Å²) in [5.74, 6) is 0.205. The third-order valence-corrected chi connectivity index (χ3v) is 2.96. The smallest absolute Gasteiger partial charge is 0.387 e. The van der Waals surface area contributed by atoms with Crippen LogP contribution in [0.5, 0.6) is 5.75 Å². The zero-order valence-electron chi connectivity index (χ0n) is 10.1. The Morgan fingerprint density at radius 3 is 2.39 bits per heavy atom. The molecule has 3 nitrogen and oxygen atoms in total. The zero-order valence-corrected chi connectivity index (χ0v) is 10.9. The zero-order chi connectivity index (χ0) is 12.3. The van der Waals surface area contributed by atoms with Crippen molar-refractivity contribution in [2.45, 2.75) is 19.2 Å². The number of hydrogen-bond donors (Lipinski definition) is 1. The molecule has 0 spiro atoms. The van der Waals surface area contributed by atoms with Gasteiger partial charge in [-0.1, -0.05) is 12.1 Å². The molecule has 0 aliphatic carbocycles. The fourth-order valence-corrected chi connectivity index (χ4v) is 1.78. The normalized spacial score (nSPS) is 15.4. The number of nitrogens with one attached hydrogen (secondary N) is 1. The molecule has 0 saturated carbocycles. The Morgan fingerprint density at radius 2 is 1.94 bits per heavy atom. The molecule has 1 heterocycles. The van der Waals surface area contributed by atoms with Crippen molar-refractivity contribution in [2.24, 2.45) is 0 Å². The number of nitrogens with zero attached hydrogens (tertiary/aromatic N) is 1. The van der Waals surface area contributed by atoms with Gasteiger partial charge in [0.25, 0.3) is 0 Å². The lowest BCUT2D eigenvalue weighted by Gasteiger charge is -2.35. The molecule has 0 aromatic heterocycles. The average molecular weight is 279 g/mol. The number of alkyl halides is 2. The van der Waals surface area contributed by atoms with Gasteiger partial charge in [-0.3, -0.25) is 4.90 Å². The van der Waals surface area contributed by atoms with Gasteiger partial charge in [-0.2, -0.15) is 8.78 Å². The summed E-state index contributed by atoms with van der Waals surface area (Å²) in [5.41, 5.74) is 1.10. The molecule has 1 saturated heterocycles. The maximum Gasteiger partial charge on any atom is 0.387 e. The van der Waals surface area contributed by atoms with Crippen molar-refractivity contribution in [2.75, 3.05) is 20.1 Å². The predicted molar refractivity (Wildman–Crippen MR) is 68.4 cm³/mol. The van der Waals surface area contributed by atoms with Crippen molar-refractivity contribution in [1.82, 2.24) is 10.2 Å². The lowest BCUT2D eigenvalue weighted by atomic mass is 10.1. The van der Waals surface area contributed by atoms with Crippen LogP contribution in [0.2, 0.25) is 0 Å². The lowest BCUT2D eigenvalue weighted by molar-refractivity contribution is -0.0498. The highest BCUT2D eigenvalue weighted by atomic mass is 35.5. The molecule has 1 aromatic rings. The number of rotatable bonds is 5. The largest absolute Gasteiger partial charge is 0.435 e. The van der Waals surface area contributed by atoms with Crippen LogP contribution >= 0.6 is 12.4 Å². The Kier molecular flexibility index (Phi) is 5.78. The first-order valence-corrected chi connectivity index (χ1v) is 5.60. The molecule has 1 aliphatic rings. The fourth-order valence-electron chi connectivity index (χ4n) is 1.78. The maximum atomic E-state index is 12.0. The molecule has 1 aliphatic heterocycles. The van der Waals surface area contributed by atoms with Gasteiger partial charge in [0, 0.05) is 25.7 Å². The topological polar surface area (TPSA) is 24.5 Å². The highest BCUT2D eigenvalue weighted by Crippen LogP contribution is 2.16. The van der Waals surface area contributed by atoms with Crippen molar-refractivity contribution in [3.63, 3.8) is 0 Å². The second-order valence-electron chi connectivity index (χ2n) is 4.25. The van der Waals surface area contributed by atoms with Crippen LogP contribution in [-0.2, 0) is 6.54 Å². The number of likely N-dealkylation sites (N-methyl/N-ethyl adjacent to an activating group) is 1. The van der Waals surface area contributed by atoms with Gasteiger partial charge in [0.15, 0.2) is 0 Å². The van der Waals surface area contributed by atoms with Crippen LogP contribution in [0.1, 0.15) is 5.56 Å². The monoisotopic (exact) mass is 278 g/mol. The van der Waals surface area contributed by atoms with Crippen molar-refractivity contribution in [3.05, 3.63) is 29.8 Å². The Balaban J connectivity index is 0.00000162. The van der Waals surface area contributed by atoms with Gasteiger partial charge in [0.05, 0.1) is 0 Å². The van der Waals surface area contributed by atoms with Crippen molar-refractivity contribution in [1.29, 1.82) is 0 Å². The van der Waals surface area contributed by atoms with E-state index in [4.69, 9.17) is 0 Å². The molecule has 1 fully saturated rings. The molecule has 6 heteroatoms. The van der Waals surface area contributed by atoms with Crippen LogP contribution in [0.4, 0.5) is 8.78 Å². The Hall–Kier alpha value is -0.910. The summed E-state index contributed by atoms with van der Waals surface area (Å²) >= 11 is 0. The molecular formula is C12H17ClF2N2O. The minimum Gasteiger partial charge on any atom is -0.435 e. The summed E-state index contributed by atoms with van der Waals surface area (Å²) in [6.45, 7) is 0.0950. The van der Waals surface area contributed by atoms with E-state index < -0.39 is 6.61 Å². The fraction of sp³-hybridized carbons (Fsp3) is 0.500. The molecule has 1 aromatic carbocycles. The van der Waals surface area contributed by atoms with Crippen LogP contribution < -0.4 is 10.1 Å². The van der Waals surface area contributed by atoms with Crippen molar-refractivity contribution < 1.29 is 13.5 Å². The number of ether oxygens (including phenoxy) is 1. The first-order valence-electron chi connectivity index (χ1n) is 5.60. The molecule has 1 N–H and O–H groups in total. The number of halogens is 3. The summed E-state index contributed by atoms with van der Waals surface area (Å²) in [6.07, 6.45) is 0. The van der Waals surface area contributed by atoms with E-state index in [1.165, 1.54) is 0 Å². The molecule has 0 bridgehead atoms. The Labute approximate surface area is 112 Å². The Morgan fingerprint density at radius 1 is 1.33 bits per heavy atom. The minimum absolute atomic E-state index is 0. The summed E-state index contributed by atoms with van der Waals surface area (Å²) in [7, 11) is 2.06. The Bertz CT molecular complexity index is 358. The first kappa shape index (κ1) is 15.1. The maximum absolute atomic E-state index is 12.0. The van der Waals surface area contributed by atoms with Gasteiger partial charge in [-0.15, -0.1) is 12.4 Å². The second-order valence-corrected chi connectivity index (χ2v) is 4.25. The third kappa shape index (κ3) is 4.08. The molecule has 102 valence electrons. The van der Waals surface area contributed by atoms with Crippen molar-refractivity contribution in [3.8, 4) is 5.75 Å². The highest BCUT2D eigenvalue weighted by Gasteiger charge is 2.21. The van der Waals surface area contributed by atoms with Crippen LogP contribution in [-0.4, -0.2) is 37.7 Å². The van der Waals surface area contributed by atoms with Crippen LogP contribution in [0.25, 0.3) is 0 Å². The van der Waals surface area contributed by atoms with Gasteiger partial charge in [0.1, 0.15) is 5.75 Å². The minimum atomic E-state index is -2.76. The van der Waals surface area contributed by atoms with E-state index >= 15 is 0 Å². The lowest BCUT2D eigenvalue weighted by Crippen LogP contribution is -2.55. The standard InChI is InChI=1S/C12H16F2N2O.ClH/c1-16(10-6-15-7-10)8-9-2-4-11(5-3-9)17-12(13)14;/h2-5,10,12,15H,6-8H2,1H3;1H. The van der Waals surface area contributed by atoms with Crippen molar-refractivity contribution >= 4 is 12.4 Å². The van der Waals surface area contributed by atoms with Gasteiger partial charge in [-0.25, -0.2) is 0 Å². The molecule has 0 unspecified atom stereocenters. The number of benzene rings is 1. The quantitative estimate of drug-likeness (QED) is 0.893. The van der Waals surface area contributed by atoms with E-state index in [-0.39, 0.29) is 18.2 Å². The van der Waals surface area contributed by atoms with Gasteiger partial charge >= 0.3 is 6.61 Å². The molecule has 2 rings (SSSR count). The average Bonchev–Trinajstić information content (AvgIpc) is 2.17. The molecule has 0 atom stereocenters. The van der Waals surface area contributed by atoms with Gasteiger partial charge in [-0.05, 0) is 24.7 Å². The molecule has 0 amide bonds. The summed E-state index contributed by atoms with van der Waals surface area (Å²) in [4.78, 5) is 2.25. The van der Waals surface area contributed by atoms with E-state index in [2.05, 4.69) is 22.0 Å². The summed E-state index contributed by atoms with van der Waals surface area (Å²) in [5, 5.41) is 3.21. The van der Waals surface area contributed by atoms with E-state index in [0.29, 0.717) is 6.04 Å². The second kappa shape index (κ2) is 6.87. The first-order chi connectivity index (χ1) is 8.15. The van der Waals surface area contributed by atoms with E-state index in [1.807, 2.05) is 12.1 Å². The van der Waals surface area contributed by atoms with Crippen LogP contribution in [0, 0.1) is 0 Å².